The molecule has 0 spiro atoms. The summed E-state index contributed by atoms with van der Waals surface area (Å²) in [7, 11) is 1.69. The van der Waals surface area contributed by atoms with Crippen molar-refractivity contribution < 1.29 is 9.15 Å². The third-order valence-corrected chi connectivity index (χ3v) is 5.54. The summed E-state index contributed by atoms with van der Waals surface area (Å²) >= 11 is 0. The van der Waals surface area contributed by atoms with Crippen molar-refractivity contribution in [3.05, 3.63) is 75.6 Å². The maximum atomic E-state index is 12.1. The fraction of sp³-hybridized carbons (Fsp3) is 0.348. The third kappa shape index (κ3) is 3.62. The van der Waals surface area contributed by atoms with E-state index in [1.54, 1.807) is 13.2 Å². The first-order valence-corrected chi connectivity index (χ1v) is 9.61. The van der Waals surface area contributed by atoms with Crippen LogP contribution in [-0.2, 0) is 13.0 Å². The van der Waals surface area contributed by atoms with Crippen LogP contribution in [-0.4, -0.2) is 18.6 Å². The quantitative estimate of drug-likeness (QED) is 0.616. The number of likely N-dealkylation sites (tertiary alicyclic amines) is 1. The SMILES string of the molecule is CCc1ccc2c(CN3CCC[C@H]3c3ccc(OC)cc3)cc(=O)oc2c1. The van der Waals surface area contributed by atoms with Crippen molar-refractivity contribution in [2.75, 3.05) is 13.7 Å². The summed E-state index contributed by atoms with van der Waals surface area (Å²) in [5.41, 5.74) is 3.95. The van der Waals surface area contributed by atoms with Gasteiger partial charge in [0.05, 0.1) is 7.11 Å². The molecule has 0 aliphatic carbocycles. The van der Waals surface area contributed by atoms with E-state index >= 15 is 0 Å². The molecule has 4 heteroatoms. The summed E-state index contributed by atoms with van der Waals surface area (Å²) in [5, 5.41) is 1.03. The maximum absolute atomic E-state index is 12.1. The average Bonchev–Trinajstić information content (AvgIpc) is 3.15. The highest BCUT2D eigenvalue weighted by Crippen LogP contribution is 2.34. The zero-order chi connectivity index (χ0) is 18.8. The van der Waals surface area contributed by atoms with E-state index < -0.39 is 0 Å². The van der Waals surface area contributed by atoms with Crippen LogP contribution in [0.1, 0.15) is 42.5 Å². The second-order valence-corrected chi connectivity index (χ2v) is 7.18. The molecule has 0 unspecified atom stereocenters. The molecular weight excluding hydrogens is 338 g/mol. The number of aryl methyl sites for hydroxylation is 1. The summed E-state index contributed by atoms with van der Waals surface area (Å²) in [6.45, 7) is 3.89. The lowest BCUT2D eigenvalue weighted by molar-refractivity contribution is 0.249. The molecule has 1 saturated heterocycles. The Kier molecular flexibility index (Phi) is 4.99. The van der Waals surface area contributed by atoms with Crippen molar-refractivity contribution in [2.24, 2.45) is 0 Å². The Morgan fingerprint density at radius 3 is 2.70 bits per heavy atom. The van der Waals surface area contributed by atoms with E-state index in [0.717, 1.165) is 49.1 Å². The molecule has 1 atom stereocenters. The Hall–Kier alpha value is -2.59. The van der Waals surface area contributed by atoms with E-state index in [9.17, 15) is 4.79 Å². The van der Waals surface area contributed by atoms with Crippen molar-refractivity contribution in [3.8, 4) is 5.75 Å². The number of hydrogen-bond acceptors (Lipinski definition) is 4. The number of nitrogens with zero attached hydrogens (tertiary/aromatic N) is 1. The summed E-state index contributed by atoms with van der Waals surface area (Å²) in [6.07, 6.45) is 3.22. The molecule has 0 saturated carbocycles. The van der Waals surface area contributed by atoms with Gasteiger partial charge in [0.25, 0.3) is 0 Å². The molecule has 2 aromatic carbocycles. The van der Waals surface area contributed by atoms with Crippen LogP contribution in [0.4, 0.5) is 0 Å². The molecule has 3 aromatic rings. The van der Waals surface area contributed by atoms with E-state index in [4.69, 9.17) is 9.15 Å². The molecule has 0 bridgehead atoms. The van der Waals surface area contributed by atoms with Crippen molar-refractivity contribution in [2.45, 2.75) is 38.8 Å². The van der Waals surface area contributed by atoms with Gasteiger partial charge in [0.2, 0.25) is 0 Å². The van der Waals surface area contributed by atoms with Crippen LogP contribution in [0.2, 0.25) is 0 Å². The number of hydrogen-bond donors (Lipinski definition) is 0. The van der Waals surface area contributed by atoms with Crippen molar-refractivity contribution in [1.82, 2.24) is 4.90 Å². The summed E-state index contributed by atoms with van der Waals surface area (Å²) in [6, 6.07) is 16.5. The number of fused-ring (bicyclic) bond motifs is 1. The molecule has 0 N–H and O–H groups in total. The molecule has 27 heavy (non-hydrogen) atoms. The average molecular weight is 363 g/mol. The minimum Gasteiger partial charge on any atom is -0.497 e. The Morgan fingerprint density at radius 1 is 1.15 bits per heavy atom. The van der Waals surface area contributed by atoms with Gasteiger partial charge >= 0.3 is 5.63 Å². The molecule has 4 rings (SSSR count). The molecule has 1 aliphatic heterocycles. The highest BCUT2D eigenvalue weighted by molar-refractivity contribution is 5.80. The standard InChI is InChI=1S/C23H25NO3/c1-3-16-6-11-20-18(14-23(25)27-22(20)13-16)15-24-12-4-5-21(24)17-7-9-19(26-2)10-8-17/h6-11,13-14,21H,3-5,12,15H2,1-2H3/t21-/m0/s1. The zero-order valence-corrected chi connectivity index (χ0v) is 15.9. The fourth-order valence-electron chi connectivity index (χ4n) is 4.06. The molecule has 4 nitrogen and oxygen atoms in total. The lowest BCUT2D eigenvalue weighted by Gasteiger charge is -2.25. The van der Waals surface area contributed by atoms with Gasteiger partial charge in [-0.3, -0.25) is 4.90 Å². The van der Waals surface area contributed by atoms with Crippen molar-refractivity contribution in [1.29, 1.82) is 0 Å². The van der Waals surface area contributed by atoms with Crippen molar-refractivity contribution >= 4 is 11.0 Å². The lowest BCUT2D eigenvalue weighted by atomic mass is 10.0. The van der Waals surface area contributed by atoms with Crippen LogP contribution in [0.5, 0.6) is 5.75 Å². The minimum atomic E-state index is -0.272. The lowest BCUT2D eigenvalue weighted by Crippen LogP contribution is -2.23. The Balaban J connectivity index is 1.65. The highest BCUT2D eigenvalue weighted by Gasteiger charge is 2.26. The van der Waals surface area contributed by atoms with Crippen LogP contribution >= 0.6 is 0 Å². The van der Waals surface area contributed by atoms with Gasteiger partial charge in [-0.15, -0.1) is 0 Å². The van der Waals surface area contributed by atoms with Crippen LogP contribution in [0.25, 0.3) is 11.0 Å². The molecular formula is C23H25NO3. The van der Waals surface area contributed by atoms with E-state index in [1.165, 1.54) is 11.1 Å². The predicted octanol–water partition coefficient (Wildman–Crippen LogP) is 4.70. The van der Waals surface area contributed by atoms with Gasteiger partial charge in [-0.1, -0.05) is 31.2 Å². The maximum Gasteiger partial charge on any atom is 0.336 e. The van der Waals surface area contributed by atoms with Crippen LogP contribution < -0.4 is 10.4 Å². The minimum absolute atomic E-state index is 0.272. The van der Waals surface area contributed by atoms with Gasteiger partial charge in [0.15, 0.2) is 0 Å². The number of methoxy groups -OCH3 is 1. The van der Waals surface area contributed by atoms with Gasteiger partial charge in [0.1, 0.15) is 11.3 Å². The molecule has 0 amide bonds. The normalized spacial score (nSPS) is 17.5. The van der Waals surface area contributed by atoms with E-state index in [2.05, 4.69) is 36.1 Å². The Morgan fingerprint density at radius 2 is 1.96 bits per heavy atom. The van der Waals surface area contributed by atoms with Crippen molar-refractivity contribution in [3.63, 3.8) is 0 Å². The topological polar surface area (TPSA) is 42.7 Å². The van der Waals surface area contributed by atoms with E-state index in [1.807, 2.05) is 18.2 Å². The molecule has 0 radical (unpaired) electrons. The van der Waals surface area contributed by atoms with Gasteiger partial charge < -0.3 is 9.15 Å². The fourth-order valence-corrected chi connectivity index (χ4v) is 4.06. The third-order valence-electron chi connectivity index (χ3n) is 5.54. The monoisotopic (exact) mass is 363 g/mol. The largest absolute Gasteiger partial charge is 0.497 e. The first-order valence-electron chi connectivity index (χ1n) is 9.61. The Bertz CT molecular complexity index is 991. The smallest absolute Gasteiger partial charge is 0.336 e. The predicted molar refractivity (Wildman–Crippen MR) is 107 cm³/mol. The first-order chi connectivity index (χ1) is 13.2. The van der Waals surface area contributed by atoms with Gasteiger partial charge in [-0.25, -0.2) is 4.79 Å². The summed E-state index contributed by atoms with van der Waals surface area (Å²) in [4.78, 5) is 14.6. The first kappa shape index (κ1) is 17.8. The molecule has 1 fully saturated rings. The number of rotatable bonds is 5. The van der Waals surface area contributed by atoms with Gasteiger partial charge in [-0.05, 0) is 60.7 Å². The van der Waals surface area contributed by atoms with Crippen LogP contribution in [0.3, 0.4) is 0 Å². The second-order valence-electron chi connectivity index (χ2n) is 7.18. The Labute approximate surface area is 159 Å². The molecule has 1 aromatic heterocycles. The molecule has 2 heterocycles. The molecule has 140 valence electrons. The van der Waals surface area contributed by atoms with Gasteiger partial charge in [-0.2, -0.15) is 0 Å². The van der Waals surface area contributed by atoms with E-state index in [0.29, 0.717) is 11.6 Å². The zero-order valence-electron chi connectivity index (χ0n) is 15.9. The van der Waals surface area contributed by atoms with Crippen LogP contribution in [0.15, 0.2) is 57.7 Å². The number of benzene rings is 2. The summed E-state index contributed by atoms with van der Waals surface area (Å²) in [5.74, 6) is 0.877. The van der Waals surface area contributed by atoms with E-state index in [-0.39, 0.29) is 5.63 Å². The summed E-state index contributed by atoms with van der Waals surface area (Å²) < 4.78 is 10.7. The number of ether oxygens (including phenoxy) is 1. The highest BCUT2D eigenvalue weighted by atomic mass is 16.5. The van der Waals surface area contributed by atoms with Gasteiger partial charge in [0, 0.05) is 24.0 Å². The second kappa shape index (κ2) is 7.57. The van der Waals surface area contributed by atoms with Crippen LogP contribution in [0, 0.1) is 0 Å². The molecule has 1 aliphatic rings.